The summed E-state index contributed by atoms with van der Waals surface area (Å²) in [5.41, 5.74) is 1.20. The Hall–Kier alpha value is -1.36. The number of hydrogen-bond acceptors (Lipinski definition) is 5. The molecule has 0 amide bonds. The molecule has 1 fully saturated rings. The monoisotopic (exact) mass is 278 g/mol. The van der Waals surface area contributed by atoms with Crippen molar-refractivity contribution in [1.82, 2.24) is 9.97 Å². The molecule has 0 saturated carbocycles. The molecule has 20 heavy (non-hydrogen) atoms. The molecular weight excluding hydrogens is 252 g/mol. The largest absolute Gasteiger partial charge is 0.376 e. The molecule has 1 aromatic rings. The number of anilines is 2. The fraction of sp³-hybridized carbons (Fsp3) is 0.733. The molecule has 2 rings (SSSR count). The van der Waals surface area contributed by atoms with Crippen LogP contribution in [0.3, 0.4) is 0 Å². The summed E-state index contributed by atoms with van der Waals surface area (Å²) in [5, 5.41) is 6.83. The van der Waals surface area contributed by atoms with E-state index in [0.29, 0.717) is 6.10 Å². The minimum atomic E-state index is 0.325. The van der Waals surface area contributed by atoms with Gasteiger partial charge in [-0.15, -0.1) is 0 Å². The summed E-state index contributed by atoms with van der Waals surface area (Å²) in [6.07, 6.45) is 7.43. The highest BCUT2D eigenvalue weighted by atomic mass is 16.5. The molecule has 2 heterocycles. The van der Waals surface area contributed by atoms with E-state index in [2.05, 4.69) is 34.4 Å². The van der Waals surface area contributed by atoms with Crippen LogP contribution >= 0.6 is 0 Å². The summed E-state index contributed by atoms with van der Waals surface area (Å²) >= 11 is 0. The summed E-state index contributed by atoms with van der Waals surface area (Å²) in [5.74, 6) is 1.93. The average molecular weight is 278 g/mol. The van der Waals surface area contributed by atoms with Crippen molar-refractivity contribution < 1.29 is 4.74 Å². The lowest BCUT2D eigenvalue weighted by molar-refractivity contribution is 0.120. The standard InChI is InChI=1S/C15H26N4O/c1-3-6-13-14(16-8-4-2)18-11-19-15(13)17-10-12-7-5-9-20-12/h11-12H,3-10H2,1-2H3,(H2,16,17,18,19). The first kappa shape index (κ1) is 15.0. The number of ether oxygens (including phenoxy) is 1. The number of hydrogen-bond donors (Lipinski definition) is 2. The second-order valence-corrected chi connectivity index (χ2v) is 5.24. The van der Waals surface area contributed by atoms with Gasteiger partial charge in [-0.1, -0.05) is 20.3 Å². The topological polar surface area (TPSA) is 59.1 Å². The molecule has 2 N–H and O–H groups in total. The van der Waals surface area contributed by atoms with Crippen LogP contribution in [0.15, 0.2) is 6.33 Å². The third-order valence-corrected chi connectivity index (χ3v) is 3.51. The molecule has 1 saturated heterocycles. The van der Waals surface area contributed by atoms with Gasteiger partial charge in [0, 0.05) is 25.3 Å². The first-order valence-electron chi connectivity index (χ1n) is 7.78. The Bertz CT molecular complexity index is 405. The van der Waals surface area contributed by atoms with Crippen LogP contribution in [0, 0.1) is 0 Å². The van der Waals surface area contributed by atoms with Crippen LogP contribution in [0.2, 0.25) is 0 Å². The first-order chi connectivity index (χ1) is 9.85. The van der Waals surface area contributed by atoms with Crippen LogP contribution < -0.4 is 10.6 Å². The van der Waals surface area contributed by atoms with Crippen molar-refractivity contribution in [2.45, 2.75) is 52.1 Å². The van der Waals surface area contributed by atoms with E-state index in [1.54, 1.807) is 6.33 Å². The van der Waals surface area contributed by atoms with E-state index < -0.39 is 0 Å². The van der Waals surface area contributed by atoms with E-state index in [0.717, 1.165) is 57.0 Å². The predicted octanol–water partition coefficient (Wildman–Crippen LogP) is 2.84. The van der Waals surface area contributed by atoms with Gasteiger partial charge in [0.15, 0.2) is 0 Å². The lowest BCUT2D eigenvalue weighted by Gasteiger charge is -2.16. The van der Waals surface area contributed by atoms with E-state index in [4.69, 9.17) is 4.74 Å². The van der Waals surface area contributed by atoms with Crippen molar-refractivity contribution in [3.63, 3.8) is 0 Å². The van der Waals surface area contributed by atoms with Crippen LogP contribution in [0.4, 0.5) is 11.6 Å². The molecule has 1 aromatic heterocycles. The Morgan fingerprint density at radius 1 is 1.20 bits per heavy atom. The molecule has 0 radical (unpaired) electrons. The Labute approximate surface area is 121 Å². The molecule has 1 atom stereocenters. The van der Waals surface area contributed by atoms with Crippen molar-refractivity contribution in [2.24, 2.45) is 0 Å². The Morgan fingerprint density at radius 2 is 2.00 bits per heavy atom. The van der Waals surface area contributed by atoms with Crippen LogP contribution in [-0.4, -0.2) is 35.8 Å². The third-order valence-electron chi connectivity index (χ3n) is 3.51. The molecule has 5 nitrogen and oxygen atoms in total. The van der Waals surface area contributed by atoms with Gasteiger partial charge in [0.1, 0.15) is 18.0 Å². The molecule has 112 valence electrons. The predicted molar refractivity (Wildman–Crippen MR) is 82.3 cm³/mol. The molecule has 1 aliphatic heterocycles. The van der Waals surface area contributed by atoms with E-state index in [1.807, 2.05) is 0 Å². The van der Waals surface area contributed by atoms with Gasteiger partial charge in [-0.25, -0.2) is 9.97 Å². The summed E-state index contributed by atoms with van der Waals surface area (Å²) in [6.45, 7) is 7.01. The maximum Gasteiger partial charge on any atom is 0.134 e. The van der Waals surface area contributed by atoms with E-state index in [9.17, 15) is 0 Å². The third kappa shape index (κ3) is 4.07. The van der Waals surface area contributed by atoms with E-state index >= 15 is 0 Å². The number of aromatic nitrogens is 2. The average Bonchev–Trinajstić information content (AvgIpc) is 2.98. The summed E-state index contributed by atoms with van der Waals surface area (Å²) in [7, 11) is 0. The minimum Gasteiger partial charge on any atom is -0.376 e. The molecule has 0 spiro atoms. The molecular formula is C15H26N4O. The van der Waals surface area contributed by atoms with Gasteiger partial charge < -0.3 is 15.4 Å². The summed E-state index contributed by atoms with van der Waals surface area (Å²) in [4.78, 5) is 8.79. The van der Waals surface area contributed by atoms with Crippen molar-refractivity contribution in [3.05, 3.63) is 11.9 Å². The number of nitrogens with zero attached hydrogens (tertiary/aromatic N) is 2. The normalized spacial score (nSPS) is 18.2. The minimum absolute atomic E-state index is 0.325. The first-order valence-corrected chi connectivity index (χ1v) is 7.78. The second-order valence-electron chi connectivity index (χ2n) is 5.24. The summed E-state index contributed by atoms with van der Waals surface area (Å²) in [6, 6.07) is 0. The SMILES string of the molecule is CCCNc1ncnc(NCC2CCCO2)c1CCC. The van der Waals surface area contributed by atoms with Crippen LogP contribution in [0.5, 0.6) is 0 Å². The highest BCUT2D eigenvalue weighted by Crippen LogP contribution is 2.22. The molecule has 5 heteroatoms. The lowest BCUT2D eigenvalue weighted by atomic mass is 10.1. The smallest absolute Gasteiger partial charge is 0.134 e. The van der Waals surface area contributed by atoms with Crippen molar-refractivity contribution in [3.8, 4) is 0 Å². The van der Waals surface area contributed by atoms with Crippen LogP contribution in [-0.2, 0) is 11.2 Å². The fourth-order valence-electron chi connectivity index (χ4n) is 2.46. The van der Waals surface area contributed by atoms with E-state index in [1.165, 1.54) is 12.0 Å². The van der Waals surface area contributed by atoms with Gasteiger partial charge in [0.05, 0.1) is 6.10 Å². The zero-order valence-electron chi connectivity index (χ0n) is 12.6. The van der Waals surface area contributed by atoms with Gasteiger partial charge in [0.25, 0.3) is 0 Å². The van der Waals surface area contributed by atoms with Gasteiger partial charge >= 0.3 is 0 Å². The fourth-order valence-corrected chi connectivity index (χ4v) is 2.46. The highest BCUT2D eigenvalue weighted by molar-refractivity contribution is 5.57. The second kappa shape index (κ2) is 8.04. The van der Waals surface area contributed by atoms with Gasteiger partial charge in [-0.05, 0) is 25.7 Å². The van der Waals surface area contributed by atoms with E-state index in [-0.39, 0.29) is 0 Å². The van der Waals surface area contributed by atoms with Crippen molar-refractivity contribution >= 4 is 11.6 Å². The number of rotatable bonds is 8. The Kier molecular flexibility index (Phi) is 6.05. The zero-order chi connectivity index (χ0) is 14.2. The summed E-state index contributed by atoms with van der Waals surface area (Å²) < 4.78 is 5.65. The highest BCUT2D eigenvalue weighted by Gasteiger charge is 2.17. The van der Waals surface area contributed by atoms with Crippen molar-refractivity contribution in [1.29, 1.82) is 0 Å². The van der Waals surface area contributed by atoms with Gasteiger partial charge in [-0.3, -0.25) is 0 Å². The Balaban J connectivity index is 2.04. The molecule has 1 aliphatic rings. The zero-order valence-corrected chi connectivity index (χ0v) is 12.6. The van der Waals surface area contributed by atoms with Crippen molar-refractivity contribution in [2.75, 3.05) is 30.3 Å². The maximum absolute atomic E-state index is 5.65. The van der Waals surface area contributed by atoms with Crippen LogP contribution in [0.25, 0.3) is 0 Å². The van der Waals surface area contributed by atoms with Gasteiger partial charge in [0.2, 0.25) is 0 Å². The molecule has 1 unspecified atom stereocenters. The quantitative estimate of drug-likeness (QED) is 0.765. The molecule has 0 bridgehead atoms. The lowest BCUT2D eigenvalue weighted by Crippen LogP contribution is -2.20. The van der Waals surface area contributed by atoms with Crippen LogP contribution in [0.1, 0.15) is 45.1 Å². The molecule has 0 aromatic carbocycles. The van der Waals surface area contributed by atoms with Gasteiger partial charge in [-0.2, -0.15) is 0 Å². The number of nitrogens with one attached hydrogen (secondary N) is 2. The molecule has 0 aliphatic carbocycles. The Morgan fingerprint density at radius 3 is 2.65 bits per heavy atom. The maximum atomic E-state index is 5.65.